The van der Waals surface area contributed by atoms with Crippen LogP contribution in [0, 0.1) is 17.7 Å². The Morgan fingerprint density at radius 2 is 1.79 bits per heavy atom. The Balaban J connectivity index is 1.39. The molecular formula is C28H27ClFN3O5. The lowest BCUT2D eigenvalue weighted by Crippen LogP contribution is -2.41. The van der Waals surface area contributed by atoms with Gasteiger partial charge in [0, 0.05) is 42.1 Å². The van der Waals surface area contributed by atoms with E-state index in [1.165, 1.54) is 17.0 Å². The number of piperidine rings is 1. The quantitative estimate of drug-likeness (QED) is 0.400. The molecule has 1 aliphatic carbocycles. The second kappa shape index (κ2) is 10.1. The van der Waals surface area contributed by atoms with Crippen molar-refractivity contribution in [2.24, 2.45) is 11.8 Å². The molecule has 8 nitrogen and oxygen atoms in total. The first kappa shape index (κ1) is 25.8. The van der Waals surface area contributed by atoms with E-state index in [-0.39, 0.29) is 35.4 Å². The number of carbonyl (C=O) groups excluding carboxylic acids is 1. The minimum absolute atomic E-state index is 0.0976. The third-order valence-corrected chi connectivity index (χ3v) is 7.38. The number of nitrogens with zero attached hydrogens (tertiary/aromatic N) is 2. The van der Waals surface area contributed by atoms with Crippen molar-refractivity contribution in [2.75, 3.05) is 13.1 Å². The zero-order valence-electron chi connectivity index (χ0n) is 20.9. The van der Waals surface area contributed by atoms with E-state index in [4.69, 9.17) is 21.1 Å². The number of likely N-dealkylation sites (tertiary alicyclic amines) is 1. The number of halogens is 2. The number of nitrogens with one attached hydrogen (secondary N) is 1. The van der Waals surface area contributed by atoms with Gasteiger partial charge in [-0.05, 0) is 43.7 Å². The van der Waals surface area contributed by atoms with Crippen LogP contribution >= 0.6 is 11.6 Å². The number of amides is 2. The van der Waals surface area contributed by atoms with Crippen molar-refractivity contribution in [3.05, 3.63) is 82.6 Å². The van der Waals surface area contributed by atoms with Gasteiger partial charge in [-0.1, -0.05) is 41.9 Å². The van der Waals surface area contributed by atoms with Crippen LogP contribution in [0.1, 0.15) is 25.0 Å². The summed E-state index contributed by atoms with van der Waals surface area (Å²) in [5.41, 5.74) is 1.37. The van der Waals surface area contributed by atoms with E-state index >= 15 is 0 Å². The van der Waals surface area contributed by atoms with Crippen molar-refractivity contribution in [1.29, 1.82) is 0 Å². The number of alkyl carbamates (subject to hydrolysis) is 1. The maximum Gasteiger partial charge on any atom is 0.408 e. The van der Waals surface area contributed by atoms with Crippen LogP contribution in [0.2, 0.25) is 5.02 Å². The molecule has 1 aromatic heterocycles. The normalized spacial score (nSPS) is 20.0. The SMILES string of the molecule is CC(C)(NC(=O)OCc1ccccc1)c1cc(O[C@@H]2[C@@H]3CN(C(=O)O)C[C@@H]32)nc(-c2ccc(F)cc2)c1Cl. The smallest absolute Gasteiger partial charge is 0.408 e. The van der Waals surface area contributed by atoms with Crippen LogP contribution < -0.4 is 10.1 Å². The van der Waals surface area contributed by atoms with Gasteiger partial charge in [-0.2, -0.15) is 0 Å². The molecule has 2 aromatic carbocycles. The zero-order chi connectivity index (χ0) is 27.0. The average Bonchev–Trinajstić information content (AvgIpc) is 3.30. The molecule has 1 aliphatic heterocycles. The number of fused-ring (bicyclic) bond motifs is 1. The van der Waals surface area contributed by atoms with Crippen molar-refractivity contribution in [3.63, 3.8) is 0 Å². The van der Waals surface area contributed by atoms with Gasteiger partial charge in [0.25, 0.3) is 0 Å². The first-order valence-electron chi connectivity index (χ1n) is 12.2. The van der Waals surface area contributed by atoms with E-state index in [0.717, 1.165) is 5.56 Å². The topological polar surface area (TPSA) is 101 Å². The van der Waals surface area contributed by atoms with E-state index < -0.39 is 23.5 Å². The number of rotatable bonds is 7. The molecule has 198 valence electrons. The maximum absolute atomic E-state index is 13.6. The summed E-state index contributed by atoms with van der Waals surface area (Å²) in [7, 11) is 0. The summed E-state index contributed by atoms with van der Waals surface area (Å²) in [6.07, 6.45) is -1.73. The van der Waals surface area contributed by atoms with Crippen LogP contribution in [0.3, 0.4) is 0 Å². The summed E-state index contributed by atoms with van der Waals surface area (Å²) in [6.45, 7) is 4.51. The summed E-state index contributed by atoms with van der Waals surface area (Å²) in [6, 6.07) is 16.8. The van der Waals surface area contributed by atoms with Gasteiger partial charge in [0.15, 0.2) is 0 Å². The number of carbonyl (C=O) groups is 2. The molecule has 1 saturated heterocycles. The summed E-state index contributed by atoms with van der Waals surface area (Å²) in [4.78, 5) is 29.9. The fraction of sp³-hybridized carbons (Fsp3) is 0.321. The van der Waals surface area contributed by atoms with Crippen LogP contribution in [-0.4, -0.2) is 46.4 Å². The Morgan fingerprint density at radius 1 is 1.13 bits per heavy atom. The van der Waals surface area contributed by atoms with Crippen LogP contribution in [0.4, 0.5) is 14.0 Å². The Labute approximate surface area is 224 Å². The zero-order valence-corrected chi connectivity index (χ0v) is 21.6. The minimum Gasteiger partial charge on any atom is -0.474 e. The Kier molecular flexibility index (Phi) is 6.88. The monoisotopic (exact) mass is 539 g/mol. The number of ether oxygens (including phenoxy) is 2. The number of hydrogen-bond acceptors (Lipinski definition) is 5. The van der Waals surface area contributed by atoms with Crippen molar-refractivity contribution < 1.29 is 28.6 Å². The van der Waals surface area contributed by atoms with Crippen molar-refractivity contribution in [3.8, 4) is 17.1 Å². The fourth-order valence-electron chi connectivity index (χ4n) is 4.84. The maximum atomic E-state index is 13.6. The van der Waals surface area contributed by atoms with E-state index in [0.29, 0.717) is 29.9 Å². The average molecular weight is 540 g/mol. The Morgan fingerprint density at radius 3 is 2.42 bits per heavy atom. The van der Waals surface area contributed by atoms with Gasteiger partial charge in [-0.15, -0.1) is 0 Å². The molecule has 38 heavy (non-hydrogen) atoms. The number of hydrogen-bond donors (Lipinski definition) is 2. The van der Waals surface area contributed by atoms with Crippen LogP contribution in [0.25, 0.3) is 11.3 Å². The molecule has 2 aliphatic rings. The molecule has 3 aromatic rings. The Hall–Kier alpha value is -3.85. The molecule has 10 heteroatoms. The highest BCUT2D eigenvalue weighted by Crippen LogP contribution is 2.48. The highest BCUT2D eigenvalue weighted by Gasteiger charge is 2.59. The first-order valence-corrected chi connectivity index (χ1v) is 12.6. The molecule has 5 rings (SSSR count). The molecule has 1 saturated carbocycles. The van der Waals surface area contributed by atoms with E-state index in [1.54, 1.807) is 32.0 Å². The van der Waals surface area contributed by atoms with Crippen molar-refractivity contribution >= 4 is 23.8 Å². The first-order chi connectivity index (χ1) is 18.1. The van der Waals surface area contributed by atoms with Gasteiger partial charge in [0.05, 0.1) is 16.3 Å². The summed E-state index contributed by atoms with van der Waals surface area (Å²) >= 11 is 6.82. The van der Waals surface area contributed by atoms with E-state index in [9.17, 15) is 19.1 Å². The van der Waals surface area contributed by atoms with Gasteiger partial charge in [-0.25, -0.2) is 19.0 Å². The number of aromatic nitrogens is 1. The minimum atomic E-state index is -0.986. The highest BCUT2D eigenvalue weighted by atomic mass is 35.5. The van der Waals surface area contributed by atoms with Gasteiger partial charge in [-0.3, -0.25) is 0 Å². The highest BCUT2D eigenvalue weighted by molar-refractivity contribution is 6.34. The largest absolute Gasteiger partial charge is 0.474 e. The molecular weight excluding hydrogens is 513 g/mol. The van der Waals surface area contributed by atoms with Gasteiger partial charge < -0.3 is 24.8 Å². The molecule has 2 N–H and O–H groups in total. The fourth-order valence-corrected chi connectivity index (χ4v) is 5.29. The summed E-state index contributed by atoms with van der Waals surface area (Å²) < 4.78 is 25.2. The second-order valence-corrected chi connectivity index (χ2v) is 10.5. The molecule has 2 fully saturated rings. The number of carboxylic acid groups (broad SMARTS) is 1. The molecule has 2 heterocycles. The molecule has 3 atom stereocenters. The van der Waals surface area contributed by atoms with Gasteiger partial charge in [0.1, 0.15) is 18.5 Å². The van der Waals surface area contributed by atoms with Crippen LogP contribution in [0.5, 0.6) is 5.88 Å². The number of pyridine rings is 1. The van der Waals surface area contributed by atoms with Crippen LogP contribution in [0.15, 0.2) is 60.7 Å². The second-order valence-electron chi connectivity index (χ2n) is 10.1. The number of benzene rings is 2. The third kappa shape index (κ3) is 5.38. The standard InChI is InChI=1S/C28H27ClFN3O5/c1-28(2,32-26(34)37-15-16-6-4-3-5-7-16)21-12-22(38-25-19-13-33(27(35)36)14-20(19)25)31-24(23(21)29)17-8-10-18(30)11-9-17/h3-12,19-20,25H,13-15H2,1-2H3,(H,32,34)(H,35,36)/t19-,20+,25-. The molecule has 0 radical (unpaired) electrons. The van der Waals surface area contributed by atoms with E-state index in [2.05, 4.69) is 10.3 Å². The molecule has 0 spiro atoms. The molecule has 2 amide bonds. The van der Waals surface area contributed by atoms with Crippen molar-refractivity contribution in [2.45, 2.75) is 32.1 Å². The van der Waals surface area contributed by atoms with Crippen molar-refractivity contribution in [1.82, 2.24) is 15.2 Å². The van der Waals surface area contributed by atoms with Gasteiger partial charge in [0.2, 0.25) is 5.88 Å². The summed E-state index contributed by atoms with van der Waals surface area (Å²) in [5.74, 6) is 0.0905. The lowest BCUT2D eigenvalue weighted by molar-refractivity contribution is 0.129. The lowest BCUT2D eigenvalue weighted by Gasteiger charge is -2.28. The molecule has 0 bridgehead atoms. The van der Waals surface area contributed by atoms with Crippen LogP contribution in [-0.2, 0) is 16.9 Å². The Bertz CT molecular complexity index is 1340. The predicted octanol–water partition coefficient (Wildman–Crippen LogP) is 5.69. The summed E-state index contributed by atoms with van der Waals surface area (Å²) in [5, 5.41) is 12.4. The van der Waals surface area contributed by atoms with E-state index in [1.807, 2.05) is 30.3 Å². The van der Waals surface area contributed by atoms with Gasteiger partial charge >= 0.3 is 12.2 Å². The third-order valence-electron chi connectivity index (χ3n) is 7.00. The lowest BCUT2D eigenvalue weighted by atomic mass is 9.93. The molecule has 0 unspecified atom stereocenters. The predicted molar refractivity (Wildman–Crippen MR) is 138 cm³/mol.